The highest BCUT2D eigenvalue weighted by Crippen LogP contribution is 2.30. The predicted molar refractivity (Wildman–Crippen MR) is 78.6 cm³/mol. The van der Waals surface area contributed by atoms with E-state index in [9.17, 15) is 13.2 Å². The fourth-order valence-corrected chi connectivity index (χ4v) is 2.02. The Morgan fingerprint density at radius 1 is 1.13 bits per heavy atom. The molecule has 0 saturated carbocycles. The van der Waals surface area contributed by atoms with Crippen LogP contribution in [0.4, 0.5) is 24.7 Å². The number of hydrogen-bond acceptors (Lipinski definition) is 4. The van der Waals surface area contributed by atoms with Crippen molar-refractivity contribution in [3.05, 3.63) is 60.3 Å². The Morgan fingerprint density at radius 3 is 2.70 bits per heavy atom. The third-order valence-corrected chi connectivity index (χ3v) is 3.10. The molecule has 0 aliphatic rings. The summed E-state index contributed by atoms with van der Waals surface area (Å²) in [5.74, 6) is 0.584. The summed E-state index contributed by atoms with van der Waals surface area (Å²) in [6.07, 6.45) is 0.141. The Kier molecular flexibility index (Phi) is 3.73. The fourth-order valence-electron chi connectivity index (χ4n) is 2.02. The smallest absolute Gasteiger partial charge is 0.338 e. The van der Waals surface area contributed by atoms with E-state index in [2.05, 4.69) is 20.4 Å². The molecule has 0 spiro atoms. The number of anilines is 2. The van der Waals surface area contributed by atoms with Gasteiger partial charge in [0, 0.05) is 11.8 Å². The molecular formula is C15H12F3N5. The van der Waals surface area contributed by atoms with Gasteiger partial charge < -0.3 is 5.32 Å². The van der Waals surface area contributed by atoms with Crippen LogP contribution in [0, 0.1) is 6.92 Å². The first-order chi connectivity index (χ1) is 10.9. The lowest BCUT2D eigenvalue weighted by molar-refractivity contribution is -0.137. The van der Waals surface area contributed by atoms with Gasteiger partial charge in [-0.3, -0.25) is 0 Å². The number of rotatable bonds is 3. The van der Waals surface area contributed by atoms with Crippen molar-refractivity contribution in [1.82, 2.24) is 19.7 Å². The van der Waals surface area contributed by atoms with Gasteiger partial charge in [-0.05, 0) is 25.1 Å². The highest BCUT2D eigenvalue weighted by Gasteiger charge is 2.30. The molecular weight excluding hydrogens is 307 g/mol. The average molecular weight is 319 g/mol. The summed E-state index contributed by atoms with van der Waals surface area (Å²) < 4.78 is 39.6. The second-order valence-electron chi connectivity index (χ2n) is 4.89. The largest absolute Gasteiger partial charge is 0.416 e. The first-order valence-corrected chi connectivity index (χ1v) is 6.70. The summed E-state index contributed by atoms with van der Waals surface area (Å²) in [5.41, 5.74) is 1.02. The summed E-state index contributed by atoms with van der Waals surface area (Å²) in [5, 5.41) is 7.09. The van der Waals surface area contributed by atoms with E-state index in [1.54, 1.807) is 18.3 Å². The monoisotopic (exact) mass is 319 g/mol. The summed E-state index contributed by atoms with van der Waals surface area (Å²) in [7, 11) is 0. The number of nitrogens with one attached hydrogen (secondary N) is 1. The lowest BCUT2D eigenvalue weighted by Gasteiger charge is -2.08. The van der Waals surface area contributed by atoms with Crippen molar-refractivity contribution in [3.8, 4) is 5.69 Å². The van der Waals surface area contributed by atoms with Gasteiger partial charge in [0.1, 0.15) is 12.1 Å². The molecule has 0 saturated heterocycles. The molecule has 5 nitrogen and oxygen atoms in total. The molecule has 0 bridgehead atoms. The maximum atomic E-state index is 12.8. The first kappa shape index (κ1) is 15.0. The fraction of sp³-hybridized carbons (Fsp3) is 0.133. The van der Waals surface area contributed by atoms with Gasteiger partial charge in [0.25, 0.3) is 0 Å². The first-order valence-electron chi connectivity index (χ1n) is 6.70. The van der Waals surface area contributed by atoms with E-state index in [-0.39, 0.29) is 0 Å². The van der Waals surface area contributed by atoms with Crippen molar-refractivity contribution in [2.24, 2.45) is 0 Å². The van der Waals surface area contributed by atoms with Crippen LogP contribution in [0.15, 0.2) is 49.1 Å². The van der Waals surface area contributed by atoms with E-state index in [4.69, 9.17) is 0 Å². The molecule has 23 heavy (non-hydrogen) atoms. The second-order valence-corrected chi connectivity index (χ2v) is 4.89. The molecule has 1 aromatic carbocycles. The maximum Gasteiger partial charge on any atom is 0.416 e. The number of nitrogens with zero attached hydrogens (tertiary/aromatic N) is 4. The maximum absolute atomic E-state index is 12.8. The summed E-state index contributed by atoms with van der Waals surface area (Å²) in [4.78, 5) is 8.04. The molecule has 2 aromatic heterocycles. The van der Waals surface area contributed by atoms with Crippen LogP contribution in [0.25, 0.3) is 5.69 Å². The van der Waals surface area contributed by atoms with Gasteiger partial charge >= 0.3 is 6.18 Å². The van der Waals surface area contributed by atoms with Gasteiger partial charge in [0.2, 0.25) is 0 Å². The normalized spacial score (nSPS) is 11.5. The summed E-state index contributed by atoms with van der Waals surface area (Å²) in [6, 6.07) is 6.73. The Labute approximate surface area is 129 Å². The quantitative estimate of drug-likeness (QED) is 0.799. The van der Waals surface area contributed by atoms with Gasteiger partial charge in [-0.15, -0.1) is 0 Å². The Bertz CT molecular complexity index is 826. The number of hydrogen-bond donors (Lipinski definition) is 1. The van der Waals surface area contributed by atoms with E-state index in [1.807, 2.05) is 6.92 Å². The Balaban J connectivity index is 1.85. The molecule has 0 fully saturated rings. The van der Waals surface area contributed by atoms with Crippen molar-refractivity contribution in [2.75, 3.05) is 5.32 Å². The average Bonchev–Trinajstić information content (AvgIpc) is 2.95. The van der Waals surface area contributed by atoms with Crippen molar-refractivity contribution in [3.63, 3.8) is 0 Å². The molecule has 0 radical (unpaired) electrons. The molecule has 3 aromatic rings. The van der Waals surface area contributed by atoms with Gasteiger partial charge in [-0.2, -0.15) is 18.3 Å². The zero-order chi connectivity index (χ0) is 16.4. The minimum absolute atomic E-state index is 0.326. The predicted octanol–water partition coefficient (Wildman–Crippen LogP) is 3.73. The number of aromatic nitrogens is 4. The molecule has 0 atom stereocenters. The van der Waals surface area contributed by atoms with E-state index in [0.29, 0.717) is 17.2 Å². The van der Waals surface area contributed by atoms with Crippen LogP contribution >= 0.6 is 0 Å². The Morgan fingerprint density at radius 2 is 1.96 bits per heavy atom. The molecule has 1 N–H and O–H groups in total. The van der Waals surface area contributed by atoms with Gasteiger partial charge in [0.05, 0.1) is 29.3 Å². The molecule has 2 heterocycles. The van der Waals surface area contributed by atoms with E-state index >= 15 is 0 Å². The van der Waals surface area contributed by atoms with E-state index < -0.39 is 11.7 Å². The zero-order valence-electron chi connectivity index (χ0n) is 12.0. The molecule has 0 aliphatic carbocycles. The lowest BCUT2D eigenvalue weighted by Crippen LogP contribution is -2.06. The lowest BCUT2D eigenvalue weighted by atomic mass is 10.2. The van der Waals surface area contributed by atoms with E-state index in [1.165, 1.54) is 23.3 Å². The van der Waals surface area contributed by atoms with Crippen molar-refractivity contribution >= 4 is 11.5 Å². The standard InChI is InChI=1S/C15H12F3N5/c1-10-5-14(20-9-19-10)22-12-7-21-23(8-12)13-4-2-3-11(6-13)15(16,17)18/h2-9H,1H3,(H,19,20,22). The summed E-state index contributed by atoms with van der Waals surface area (Å²) in [6.45, 7) is 1.83. The topological polar surface area (TPSA) is 55.6 Å². The SMILES string of the molecule is Cc1cc(Nc2cnn(-c3cccc(C(F)(F)F)c3)c2)ncn1. The minimum atomic E-state index is -4.39. The highest BCUT2D eigenvalue weighted by atomic mass is 19.4. The Hall–Kier alpha value is -2.90. The minimum Gasteiger partial charge on any atom is -0.338 e. The molecule has 3 rings (SSSR count). The van der Waals surface area contributed by atoms with Crippen LogP contribution in [0.3, 0.4) is 0 Å². The van der Waals surface area contributed by atoms with Crippen LogP contribution < -0.4 is 5.32 Å². The number of alkyl halides is 3. The zero-order valence-corrected chi connectivity index (χ0v) is 12.0. The van der Waals surface area contributed by atoms with Crippen LogP contribution in [0.1, 0.15) is 11.3 Å². The molecule has 0 aliphatic heterocycles. The number of aryl methyl sites for hydroxylation is 1. The number of halogens is 3. The van der Waals surface area contributed by atoms with Gasteiger partial charge in [-0.25, -0.2) is 14.6 Å². The second kappa shape index (κ2) is 5.71. The van der Waals surface area contributed by atoms with Gasteiger partial charge in [-0.1, -0.05) is 6.07 Å². The van der Waals surface area contributed by atoms with Crippen molar-refractivity contribution in [1.29, 1.82) is 0 Å². The molecule has 8 heteroatoms. The van der Waals surface area contributed by atoms with Crippen molar-refractivity contribution < 1.29 is 13.2 Å². The van der Waals surface area contributed by atoms with E-state index in [0.717, 1.165) is 17.8 Å². The highest BCUT2D eigenvalue weighted by molar-refractivity contribution is 5.54. The molecule has 0 amide bonds. The van der Waals surface area contributed by atoms with Crippen LogP contribution in [0.2, 0.25) is 0 Å². The van der Waals surface area contributed by atoms with Crippen LogP contribution in [0.5, 0.6) is 0 Å². The molecule has 0 unspecified atom stereocenters. The number of benzene rings is 1. The van der Waals surface area contributed by atoms with Gasteiger partial charge in [0.15, 0.2) is 0 Å². The van der Waals surface area contributed by atoms with Crippen LogP contribution in [-0.4, -0.2) is 19.7 Å². The summed E-state index contributed by atoms with van der Waals surface area (Å²) >= 11 is 0. The third kappa shape index (κ3) is 3.47. The van der Waals surface area contributed by atoms with Crippen molar-refractivity contribution in [2.45, 2.75) is 13.1 Å². The van der Waals surface area contributed by atoms with Crippen LogP contribution in [-0.2, 0) is 6.18 Å². The third-order valence-electron chi connectivity index (χ3n) is 3.10. The molecule has 118 valence electrons.